The van der Waals surface area contributed by atoms with Gasteiger partial charge in [0.1, 0.15) is 5.75 Å². The summed E-state index contributed by atoms with van der Waals surface area (Å²) in [5.74, 6) is 0.282. The van der Waals surface area contributed by atoms with Crippen molar-refractivity contribution in [3.8, 4) is 5.75 Å². The van der Waals surface area contributed by atoms with Gasteiger partial charge in [0.05, 0.1) is 17.9 Å². The van der Waals surface area contributed by atoms with Gasteiger partial charge in [-0.2, -0.15) is 13.2 Å². The number of anilines is 1. The Kier molecular flexibility index (Phi) is 6.07. The van der Waals surface area contributed by atoms with Gasteiger partial charge in [-0.1, -0.05) is 24.3 Å². The molecule has 0 saturated carbocycles. The minimum atomic E-state index is -4.50. The zero-order valence-electron chi connectivity index (χ0n) is 14.1. The number of hydrogen-bond donors (Lipinski definition) is 1. The number of nitrogens with one attached hydrogen (secondary N) is 1. The molecule has 2 aromatic rings. The monoisotopic (exact) mass is 351 g/mol. The highest BCUT2D eigenvalue weighted by Gasteiger charge is 2.33. The van der Waals surface area contributed by atoms with Crippen LogP contribution in [-0.2, 0) is 11.0 Å². The summed E-state index contributed by atoms with van der Waals surface area (Å²) < 4.78 is 44.3. The van der Waals surface area contributed by atoms with Crippen LogP contribution in [0.4, 0.5) is 18.9 Å². The molecule has 0 aliphatic heterocycles. The fourth-order valence-corrected chi connectivity index (χ4v) is 2.33. The third kappa shape index (κ3) is 5.52. The van der Waals surface area contributed by atoms with E-state index in [9.17, 15) is 18.0 Å². The van der Waals surface area contributed by atoms with Crippen molar-refractivity contribution in [3.05, 3.63) is 59.2 Å². The Morgan fingerprint density at radius 1 is 1.12 bits per heavy atom. The van der Waals surface area contributed by atoms with Crippen LogP contribution in [0.2, 0.25) is 0 Å². The molecule has 0 aromatic heterocycles. The molecule has 1 N–H and O–H groups in total. The van der Waals surface area contributed by atoms with Gasteiger partial charge < -0.3 is 10.1 Å². The van der Waals surface area contributed by atoms with E-state index in [2.05, 4.69) is 5.32 Å². The van der Waals surface area contributed by atoms with E-state index < -0.39 is 17.6 Å². The van der Waals surface area contributed by atoms with E-state index >= 15 is 0 Å². The number of para-hydroxylation sites is 1. The summed E-state index contributed by atoms with van der Waals surface area (Å²) in [6.07, 6.45) is -4.01. The number of ether oxygens (including phenoxy) is 1. The highest BCUT2D eigenvalue weighted by Crippen LogP contribution is 2.34. The number of amides is 1. The van der Waals surface area contributed by atoms with E-state index in [4.69, 9.17) is 4.74 Å². The average molecular weight is 351 g/mol. The SMILES string of the molecule is Cc1ccc(C)c(OCCCC(=O)Nc2ccccc2C(F)(F)F)c1. The maximum atomic E-state index is 12.9. The van der Waals surface area contributed by atoms with Crippen molar-refractivity contribution < 1.29 is 22.7 Å². The molecule has 0 spiro atoms. The number of benzene rings is 2. The molecule has 6 heteroatoms. The molecule has 0 aliphatic carbocycles. The van der Waals surface area contributed by atoms with Gasteiger partial charge in [0.2, 0.25) is 5.91 Å². The number of rotatable bonds is 6. The maximum absolute atomic E-state index is 12.9. The van der Waals surface area contributed by atoms with Crippen molar-refractivity contribution in [2.24, 2.45) is 0 Å². The summed E-state index contributed by atoms with van der Waals surface area (Å²) in [5.41, 5.74) is 0.988. The molecule has 25 heavy (non-hydrogen) atoms. The van der Waals surface area contributed by atoms with Gasteiger partial charge in [-0.05, 0) is 49.6 Å². The topological polar surface area (TPSA) is 38.3 Å². The van der Waals surface area contributed by atoms with E-state index in [1.807, 2.05) is 32.0 Å². The highest BCUT2D eigenvalue weighted by atomic mass is 19.4. The Labute approximate surface area is 144 Å². The normalized spacial score (nSPS) is 11.2. The molecular formula is C19H20F3NO2. The summed E-state index contributed by atoms with van der Waals surface area (Å²) >= 11 is 0. The molecule has 0 heterocycles. The smallest absolute Gasteiger partial charge is 0.418 e. The van der Waals surface area contributed by atoms with Crippen LogP contribution < -0.4 is 10.1 Å². The van der Waals surface area contributed by atoms with Gasteiger partial charge in [0.15, 0.2) is 0 Å². The summed E-state index contributed by atoms with van der Waals surface area (Å²) in [6.45, 7) is 4.20. The second kappa shape index (κ2) is 8.05. The number of alkyl halides is 3. The van der Waals surface area contributed by atoms with Crippen molar-refractivity contribution in [2.75, 3.05) is 11.9 Å². The van der Waals surface area contributed by atoms with Gasteiger partial charge in [0.25, 0.3) is 0 Å². The number of halogens is 3. The van der Waals surface area contributed by atoms with Crippen LogP contribution >= 0.6 is 0 Å². The van der Waals surface area contributed by atoms with Crippen LogP contribution in [0.15, 0.2) is 42.5 Å². The second-order valence-corrected chi connectivity index (χ2v) is 5.81. The van der Waals surface area contributed by atoms with Crippen molar-refractivity contribution in [1.82, 2.24) is 0 Å². The fraction of sp³-hybridized carbons (Fsp3) is 0.316. The number of hydrogen-bond acceptors (Lipinski definition) is 2. The van der Waals surface area contributed by atoms with Crippen molar-refractivity contribution in [2.45, 2.75) is 32.9 Å². The van der Waals surface area contributed by atoms with E-state index in [0.29, 0.717) is 13.0 Å². The molecule has 3 nitrogen and oxygen atoms in total. The van der Waals surface area contributed by atoms with Crippen LogP contribution in [0.1, 0.15) is 29.5 Å². The molecule has 0 saturated heterocycles. The lowest BCUT2D eigenvalue weighted by molar-refractivity contribution is -0.137. The number of carbonyl (C=O) groups is 1. The third-order valence-electron chi connectivity index (χ3n) is 3.66. The lowest BCUT2D eigenvalue weighted by Crippen LogP contribution is -2.17. The molecule has 2 rings (SSSR count). The van der Waals surface area contributed by atoms with Gasteiger partial charge in [-0.25, -0.2) is 0 Å². The van der Waals surface area contributed by atoms with Crippen molar-refractivity contribution in [3.63, 3.8) is 0 Å². The predicted molar refractivity (Wildman–Crippen MR) is 90.7 cm³/mol. The van der Waals surface area contributed by atoms with Crippen molar-refractivity contribution >= 4 is 11.6 Å². The first-order chi connectivity index (χ1) is 11.8. The standard InChI is InChI=1S/C19H20F3NO2/c1-13-9-10-14(2)17(12-13)25-11-5-8-18(24)23-16-7-4-3-6-15(16)19(20,21)22/h3-4,6-7,9-10,12H,5,8,11H2,1-2H3,(H,23,24). The molecule has 0 unspecified atom stereocenters. The molecule has 134 valence electrons. The Balaban J connectivity index is 1.85. The quantitative estimate of drug-likeness (QED) is 0.734. The first-order valence-corrected chi connectivity index (χ1v) is 7.93. The summed E-state index contributed by atoms with van der Waals surface area (Å²) in [7, 11) is 0. The highest BCUT2D eigenvalue weighted by molar-refractivity contribution is 5.91. The molecular weight excluding hydrogens is 331 g/mol. The largest absolute Gasteiger partial charge is 0.493 e. The third-order valence-corrected chi connectivity index (χ3v) is 3.66. The van der Waals surface area contributed by atoms with Gasteiger partial charge in [0, 0.05) is 6.42 Å². The van der Waals surface area contributed by atoms with E-state index in [0.717, 1.165) is 22.9 Å². The van der Waals surface area contributed by atoms with Crippen LogP contribution in [0.25, 0.3) is 0 Å². The number of carbonyl (C=O) groups excluding carboxylic acids is 1. The first-order valence-electron chi connectivity index (χ1n) is 7.93. The Morgan fingerprint density at radius 2 is 1.84 bits per heavy atom. The first kappa shape index (κ1) is 18.8. The van der Waals surface area contributed by atoms with E-state index in [1.165, 1.54) is 18.2 Å². The minimum Gasteiger partial charge on any atom is -0.493 e. The molecule has 1 amide bonds. The number of aryl methyl sites for hydroxylation is 2. The molecule has 0 bridgehead atoms. The second-order valence-electron chi connectivity index (χ2n) is 5.81. The predicted octanol–water partition coefficient (Wildman–Crippen LogP) is 5.12. The van der Waals surface area contributed by atoms with E-state index in [-0.39, 0.29) is 12.1 Å². The Bertz CT molecular complexity index is 742. The van der Waals surface area contributed by atoms with E-state index in [1.54, 1.807) is 0 Å². The average Bonchev–Trinajstić information content (AvgIpc) is 2.54. The summed E-state index contributed by atoms with van der Waals surface area (Å²) in [6, 6.07) is 10.8. The van der Waals surface area contributed by atoms with Crippen LogP contribution in [0.3, 0.4) is 0 Å². The fourth-order valence-electron chi connectivity index (χ4n) is 2.33. The van der Waals surface area contributed by atoms with Crippen LogP contribution in [-0.4, -0.2) is 12.5 Å². The van der Waals surface area contributed by atoms with Crippen molar-refractivity contribution in [1.29, 1.82) is 0 Å². The molecule has 0 fully saturated rings. The van der Waals surface area contributed by atoms with Crippen LogP contribution in [0, 0.1) is 13.8 Å². The maximum Gasteiger partial charge on any atom is 0.418 e. The van der Waals surface area contributed by atoms with Gasteiger partial charge in [-0.3, -0.25) is 4.79 Å². The summed E-state index contributed by atoms with van der Waals surface area (Å²) in [4.78, 5) is 11.9. The van der Waals surface area contributed by atoms with Gasteiger partial charge >= 0.3 is 6.18 Å². The zero-order valence-corrected chi connectivity index (χ0v) is 14.1. The van der Waals surface area contributed by atoms with Gasteiger partial charge in [-0.15, -0.1) is 0 Å². The summed E-state index contributed by atoms with van der Waals surface area (Å²) in [5, 5.41) is 2.32. The zero-order chi connectivity index (χ0) is 18.4. The Morgan fingerprint density at radius 3 is 2.56 bits per heavy atom. The molecule has 0 aliphatic rings. The lowest BCUT2D eigenvalue weighted by Gasteiger charge is -2.13. The minimum absolute atomic E-state index is 0.0804. The molecule has 2 aromatic carbocycles. The molecule has 0 atom stereocenters. The van der Waals surface area contributed by atoms with Crippen LogP contribution in [0.5, 0.6) is 5.75 Å². The molecule has 0 radical (unpaired) electrons. The Hall–Kier alpha value is -2.50. The lowest BCUT2D eigenvalue weighted by atomic mass is 10.1.